The highest BCUT2D eigenvalue weighted by molar-refractivity contribution is 7.16. The summed E-state index contributed by atoms with van der Waals surface area (Å²) in [7, 11) is 1.64. The third kappa shape index (κ3) is 2.73. The number of anilines is 1. The number of hydrogen-bond donors (Lipinski definition) is 2. The van der Waals surface area contributed by atoms with Crippen molar-refractivity contribution in [2.24, 2.45) is 5.92 Å². The number of rotatable bonds is 4. The lowest BCUT2D eigenvalue weighted by molar-refractivity contribution is -0.117. The number of aromatic nitrogens is 3. The van der Waals surface area contributed by atoms with E-state index in [4.69, 9.17) is 4.74 Å². The zero-order valence-electron chi connectivity index (χ0n) is 14.3. The number of hydrogen-bond acceptors (Lipinski definition) is 5. The standard InChI is InChI=1S/C19H15FN4O2S/c1-26-15-6-16-14(22-8-27-16)5-10(15)12-7-21-18-9(12)2-3-17(23-18)24-19(25)11-4-13(11)20/h2-3,5-8,11,13H,4H2,1H3,(H2,21,23,24,25). The van der Waals surface area contributed by atoms with E-state index in [0.717, 1.165) is 32.5 Å². The predicted molar refractivity (Wildman–Crippen MR) is 103 cm³/mol. The van der Waals surface area contributed by atoms with Crippen LogP contribution in [0, 0.1) is 5.92 Å². The second-order valence-electron chi connectivity index (χ2n) is 6.52. The van der Waals surface area contributed by atoms with E-state index >= 15 is 0 Å². The number of fused-ring (bicyclic) bond motifs is 2. The second-order valence-corrected chi connectivity index (χ2v) is 7.40. The fraction of sp³-hybridized carbons (Fsp3) is 0.211. The molecule has 6 nitrogen and oxygen atoms in total. The van der Waals surface area contributed by atoms with Crippen molar-refractivity contribution in [2.75, 3.05) is 12.4 Å². The van der Waals surface area contributed by atoms with Gasteiger partial charge in [-0.15, -0.1) is 11.3 Å². The molecule has 4 aromatic rings. The molecule has 2 unspecified atom stereocenters. The first kappa shape index (κ1) is 16.2. The Labute approximate surface area is 157 Å². The van der Waals surface area contributed by atoms with Crippen LogP contribution in [0.15, 0.2) is 36.0 Å². The molecule has 3 heterocycles. The lowest BCUT2D eigenvalue weighted by atomic mass is 10.0. The quantitative estimate of drug-likeness (QED) is 0.556. The number of carbonyl (C=O) groups is 1. The number of aromatic amines is 1. The van der Waals surface area contributed by atoms with Gasteiger partial charge in [0.25, 0.3) is 0 Å². The molecule has 1 aromatic carbocycles. The van der Waals surface area contributed by atoms with Gasteiger partial charge in [0, 0.05) is 28.8 Å². The van der Waals surface area contributed by atoms with Crippen molar-refractivity contribution in [3.63, 3.8) is 0 Å². The molecular formula is C19H15FN4O2S. The van der Waals surface area contributed by atoms with E-state index in [1.807, 2.05) is 29.9 Å². The van der Waals surface area contributed by atoms with Crippen LogP contribution >= 0.6 is 11.3 Å². The Kier molecular flexibility index (Phi) is 3.61. The van der Waals surface area contributed by atoms with Crippen molar-refractivity contribution < 1.29 is 13.9 Å². The minimum Gasteiger partial charge on any atom is -0.496 e. The number of nitrogens with zero attached hydrogens (tertiary/aromatic N) is 2. The van der Waals surface area contributed by atoms with E-state index in [1.54, 1.807) is 24.5 Å². The van der Waals surface area contributed by atoms with Crippen LogP contribution in [0.3, 0.4) is 0 Å². The van der Waals surface area contributed by atoms with Crippen LogP contribution in [-0.4, -0.2) is 34.1 Å². The molecule has 2 N–H and O–H groups in total. The molecule has 1 aliphatic rings. The molecule has 0 bridgehead atoms. The fourth-order valence-electron chi connectivity index (χ4n) is 3.22. The Bertz CT molecular complexity index is 1190. The van der Waals surface area contributed by atoms with E-state index in [-0.39, 0.29) is 5.91 Å². The molecule has 5 rings (SSSR count). The van der Waals surface area contributed by atoms with Gasteiger partial charge in [0.15, 0.2) is 0 Å². The van der Waals surface area contributed by atoms with Crippen molar-refractivity contribution in [1.29, 1.82) is 0 Å². The first-order valence-corrected chi connectivity index (χ1v) is 9.36. The molecule has 136 valence electrons. The van der Waals surface area contributed by atoms with Gasteiger partial charge in [-0.05, 0) is 24.6 Å². The number of methoxy groups -OCH3 is 1. The number of nitrogens with one attached hydrogen (secondary N) is 2. The van der Waals surface area contributed by atoms with Crippen LogP contribution in [0.5, 0.6) is 5.75 Å². The summed E-state index contributed by atoms with van der Waals surface area (Å²) in [5.41, 5.74) is 5.21. The molecule has 0 aliphatic heterocycles. The highest BCUT2D eigenvalue weighted by Crippen LogP contribution is 2.39. The Morgan fingerprint density at radius 2 is 2.22 bits per heavy atom. The van der Waals surface area contributed by atoms with Crippen LogP contribution in [0.2, 0.25) is 0 Å². The van der Waals surface area contributed by atoms with E-state index in [2.05, 4.69) is 20.3 Å². The SMILES string of the molecule is COc1cc2scnc2cc1-c1c[nH]c2nc(NC(=O)C3CC3F)ccc12. The van der Waals surface area contributed by atoms with E-state index < -0.39 is 12.1 Å². The van der Waals surface area contributed by atoms with Gasteiger partial charge in [0.1, 0.15) is 23.4 Å². The maximum Gasteiger partial charge on any atom is 0.231 e. The number of benzene rings is 1. The smallest absolute Gasteiger partial charge is 0.231 e. The highest BCUT2D eigenvalue weighted by atomic mass is 32.1. The van der Waals surface area contributed by atoms with Gasteiger partial charge >= 0.3 is 0 Å². The Balaban J connectivity index is 1.54. The number of halogens is 1. The Morgan fingerprint density at radius 3 is 3.00 bits per heavy atom. The van der Waals surface area contributed by atoms with Crippen molar-refractivity contribution in [1.82, 2.24) is 15.0 Å². The lowest BCUT2D eigenvalue weighted by Crippen LogP contribution is -2.15. The maximum absolute atomic E-state index is 13.0. The van der Waals surface area contributed by atoms with Crippen LogP contribution in [-0.2, 0) is 4.79 Å². The van der Waals surface area contributed by atoms with Gasteiger partial charge in [-0.3, -0.25) is 4.79 Å². The number of amides is 1. The third-order valence-corrected chi connectivity index (χ3v) is 5.57. The van der Waals surface area contributed by atoms with Gasteiger partial charge in [-0.1, -0.05) is 0 Å². The summed E-state index contributed by atoms with van der Waals surface area (Å²) in [5.74, 6) is 0.294. The first-order chi connectivity index (χ1) is 13.1. The molecule has 0 radical (unpaired) electrons. The molecule has 2 atom stereocenters. The topological polar surface area (TPSA) is 79.9 Å². The summed E-state index contributed by atoms with van der Waals surface area (Å²) in [6, 6.07) is 7.58. The Hall–Kier alpha value is -3.00. The molecule has 1 amide bonds. The van der Waals surface area contributed by atoms with Gasteiger partial charge in [0.05, 0.1) is 28.8 Å². The molecule has 1 fully saturated rings. The van der Waals surface area contributed by atoms with E-state index in [1.165, 1.54) is 0 Å². The molecule has 1 saturated carbocycles. The van der Waals surface area contributed by atoms with Gasteiger partial charge < -0.3 is 15.0 Å². The van der Waals surface area contributed by atoms with Gasteiger partial charge in [0.2, 0.25) is 5.91 Å². The molecular weight excluding hydrogens is 367 g/mol. The summed E-state index contributed by atoms with van der Waals surface area (Å²) in [4.78, 5) is 23.9. The van der Waals surface area contributed by atoms with E-state index in [9.17, 15) is 9.18 Å². The monoisotopic (exact) mass is 382 g/mol. The lowest BCUT2D eigenvalue weighted by Gasteiger charge is -2.08. The number of thiazole rings is 1. The minimum absolute atomic E-state index is 0.291. The van der Waals surface area contributed by atoms with Crippen molar-refractivity contribution >= 4 is 44.3 Å². The third-order valence-electron chi connectivity index (χ3n) is 4.78. The van der Waals surface area contributed by atoms with E-state index in [0.29, 0.717) is 17.9 Å². The first-order valence-electron chi connectivity index (χ1n) is 8.48. The van der Waals surface area contributed by atoms with Crippen LogP contribution in [0.4, 0.5) is 10.2 Å². The van der Waals surface area contributed by atoms with Gasteiger partial charge in [-0.25, -0.2) is 14.4 Å². The van der Waals surface area contributed by atoms with Crippen LogP contribution in [0.1, 0.15) is 6.42 Å². The van der Waals surface area contributed by atoms with Crippen LogP contribution < -0.4 is 10.1 Å². The minimum atomic E-state index is -1.03. The van der Waals surface area contributed by atoms with Crippen molar-refractivity contribution in [3.8, 4) is 16.9 Å². The number of H-pyrrole nitrogens is 1. The molecule has 0 saturated heterocycles. The average Bonchev–Trinajstić information content (AvgIpc) is 3.07. The molecule has 27 heavy (non-hydrogen) atoms. The summed E-state index contributed by atoms with van der Waals surface area (Å²) in [6.45, 7) is 0. The number of alkyl halides is 1. The normalized spacial score (nSPS) is 18.7. The molecule has 1 aliphatic carbocycles. The average molecular weight is 382 g/mol. The summed E-state index contributed by atoms with van der Waals surface area (Å²) in [5, 5.41) is 3.57. The molecule has 0 spiro atoms. The second kappa shape index (κ2) is 6.02. The highest BCUT2D eigenvalue weighted by Gasteiger charge is 2.43. The fourth-order valence-corrected chi connectivity index (χ4v) is 3.90. The van der Waals surface area contributed by atoms with Crippen LogP contribution in [0.25, 0.3) is 32.4 Å². The summed E-state index contributed by atoms with van der Waals surface area (Å²) >= 11 is 1.56. The Morgan fingerprint density at radius 1 is 1.37 bits per heavy atom. The summed E-state index contributed by atoms with van der Waals surface area (Å²) < 4.78 is 19.7. The van der Waals surface area contributed by atoms with Crippen molar-refractivity contribution in [2.45, 2.75) is 12.6 Å². The zero-order valence-corrected chi connectivity index (χ0v) is 15.1. The predicted octanol–water partition coefficient (Wildman–Crippen LogP) is 4.14. The molecule has 3 aromatic heterocycles. The van der Waals surface area contributed by atoms with Gasteiger partial charge in [-0.2, -0.15) is 0 Å². The maximum atomic E-state index is 13.0. The van der Waals surface area contributed by atoms with Crippen molar-refractivity contribution in [3.05, 3.63) is 36.0 Å². The number of ether oxygens (including phenoxy) is 1. The molecule has 8 heteroatoms. The number of carbonyl (C=O) groups excluding carboxylic acids is 1. The summed E-state index contributed by atoms with van der Waals surface area (Å²) in [6.07, 6.45) is 1.12. The number of pyridine rings is 1. The largest absolute Gasteiger partial charge is 0.496 e. The zero-order chi connectivity index (χ0) is 18.5.